The van der Waals surface area contributed by atoms with Gasteiger partial charge in [-0.1, -0.05) is 78.4 Å². The van der Waals surface area contributed by atoms with E-state index in [-0.39, 0.29) is 35.0 Å². The molecule has 0 aromatic carbocycles. The molecule has 1 spiro atoms. The van der Waals surface area contributed by atoms with Crippen LogP contribution in [0.3, 0.4) is 0 Å². The molecule has 0 aromatic heterocycles. The number of ketones is 1. The fourth-order valence-corrected chi connectivity index (χ4v) is 8.01. The summed E-state index contributed by atoms with van der Waals surface area (Å²) in [4.78, 5) is 27.2. The molecule has 2 fully saturated rings. The molecule has 2 bridgehead atoms. The zero-order valence-electron chi connectivity index (χ0n) is 22.8. The van der Waals surface area contributed by atoms with Crippen LogP contribution in [-0.2, 0) is 14.3 Å². The number of carbonyl (C=O) groups is 2. The Morgan fingerprint density at radius 1 is 1.14 bits per heavy atom. The third kappa shape index (κ3) is 4.03. The van der Waals surface area contributed by atoms with Gasteiger partial charge in [-0.3, -0.25) is 9.59 Å². The Bertz CT molecular complexity index is 934. The van der Waals surface area contributed by atoms with Crippen LogP contribution in [0.4, 0.5) is 0 Å². The van der Waals surface area contributed by atoms with E-state index in [4.69, 9.17) is 4.74 Å². The van der Waals surface area contributed by atoms with Crippen LogP contribution in [0.2, 0.25) is 0 Å². The Morgan fingerprint density at radius 2 is 1.78 bits per heavy atom. The maximum Gasteiger partial charge on any atom is 0.306 e. The van der Waals surface area contributed by atoms with Gasteiger partial charge in [0.1, 0.15) is 6.10 Å². The first-order valence-corrected chi connectivity index (χ1v) is 14.1. The summed E-state index contributed by atoms with van der Waals surface area (Å²) in [6.45, 7) is 9.81. The summed E-state index contributed by atoms with van der Waals surface area (Å²) in [5, 5.41) is 34.1. The fourth-order valence-electron chi connectivity index (χ4n) is 8.01. The van der Waals surface area contributed by atoms with Crippen LogP contribution in [-0.4, -0.2) is 51.5 Å². The summed E-state index contributed by atoms with van der Waals surface area (Å²) < 4.78 is 5.88. The lowest BCUT2D eigenvalue weighted by Gasteiger charge is -2.48. The molecule has 36 heavy (non-hydrogen) atoms. The van der Waals surface area contributed by atoms with Crippen molar-refractivity contribution in [1.82, 2.24) is 0 Å². The third-order valence-electron chi connectivity index (χ3n) is 10.1. The first-order valence-electron chi connectivity index (χ1n) is 14.1. The van der Waals surface area contributed by atoms with Crippen LogP contribution in [0, 0.1) is 34.5 Å². The molecule has 0 unspecified atom stereocenters. The minimum Gasteiger partial charge on any atom is -0.455 e. The van der Waals surface area contributed by atoms with Crippen LogP contribution >= 0.6 is 0 Å². The number of allylic oxidation sites excluding steroid dienone is 1. The van der Waals surface area contributed by atoms with Crippen LogP contribution < -0.4 is 0 Å². The number of hydrogen-bond donors (Lipinski definition) is 3. The van der Waals surface area contributed by atoms with Crippen LogP contribution in [0.15, 0.2) is 23.3 Å². The number of esters is 1. The van der Waals surface area contributed by atoms with Crippen molar-refractivity contribution in [3.63, 3.8) is 0 Å². The molecule has 8 atom stereocenters. The highest BCUT2D eigenvalue weighted by molar-refractivity contribution is 5.95. The first kappa shape index (κ1) is 27.5. The van der Waals surface area contributed by atoms with Gasteiger partial charge < -0.3 is 20.1 Å². The number of ether oxygens (including phenoxy) is 1. The van der Waals surface area contributed by atoms with Crippen LogP contribution in [0.5, 0.6) is 0 Å². The Morgan fingerprint density at radius 3 is 2.42 bits per heavy atom. The van der Waals surface area contributed by atoms with Crippen molar-refractivity contribution in [2.24, 2.45) is 34.5 Å². The minimum atomic E-state index is -2.05. The van der Waals surface area contributed by atoms with Gasteiger partial charge in [-0.2, -0.15) is 0 Å². The van der Waals surface area contributed by atoms with Crippen LogP contribution in [0.25, 0.3) is 0 Å². The predicted octanol–water partition coefficient (Wildman–Crippen LogP) is 4.51. The van der Waals surface area contributed by atoms with E-state index in [1.165, 1.54) is 19.3 Å². The third-order valence-corrected chi connectivity index (χ3v) is 10.1. The van der Waals surface area contributed by atoms with E-state index in [9.17, 15) is 24.9 Å². The zero-order chi connectivity index (χ0) is 26.5. The molecule has 2 saturated carbocycles. The number of carbonyl (C=O) groups excluding carboxylic acids is 2. The fraction of sp³-hybridized carbons (Fsp3) is 0.800. The molecule has 0 heterocycles. The van der Waals surface area contributed by atoms with E-state index in [0.29, 0.717) is 17.9 Å². The van der Waals surface area contributed by atoms with Gasteiger partial charge in [0.05, 0.1) is 12.0 Å². The zero-order valence-corrected chi connectivity index (χ0v) is 22.8. The number of hydrogen-bond acceptors (Lipinski definition) is 6. The number of aliphatic hydroxyl groups is 3. The average molecular weight is 503 g/mol. The summed E-state index contributed by atoms with van der Waals surface area (Å²) in [5.74, 6) is -0.862. The van der Waals surface area contributed by atoms with Crippen molar-refractivity contribution in [2.45, 2.75) is 110 Å². The van der Waals surface area contributed by atoms with Crippen molar-refractivity contribution in [1.29, 1.82) is 0 Å². The van der Waals surface area contributed by atoms with Gasteiger partial charge in [0, 0.05) is 12.3 Å². The maximum absolute atomic E-state index is 14.3. The molecule has 0 saturated heterocycles. The topological polar surface area (TPSA) is 104 Å². The summed E-state index contributed by atoms with van der Waals surface area (Å²) in [5.41, 5.74) is -2.60. The van der Waals surface area contributed by atoms with E-state index in [1.54, 1.807) is 19.1 Å². The molecule has 0 amide bonds. The molecule has 4 aliphatic rings. The van der Waals surface area contributed by atoms with Crippen molar-refractivity contribution in [3.8, 4) is 0 Å². The number of unbranched alkanes of at least 4 members (excludes halogenated alkanes) is 6. The largest absolute Gasteiger partial charge is 0.455 e. The van der Waals surface area contributed by atoms with Gasteiger partial charge in [-0.05, 0) is 54.1 Å². The van der Waals surface area contributed by atoms with Gasteiger partial charge >= 0.3 is 5.97 Å². The van der Waals surface area contributed by atoms with Gasteiger partial charge in [0.25, 0.3) is 0 Å². The molecule has 0 aromatic rings. The van der Waals surface area contributed by atoms with Gasteiger partial charge in [-0.15, -0.1) is 0 Å². The number of fused-ring (bicyclic) bond motifs is 3. The van der Waals surface area contributed by atoms with E-state index in [2.05, 4.69) is 20.8 Å². The molecular formula is C30H46O6. The lowest BCUT2D eigenvalue weighted by Crippen LogP contribution is -2.65. The SMILES string of the molecule is CCCCCCCCCC(=O)O[C@H]1C(C)=C[C@@]23C(=O)[C@@H](C=C(CO)[C@@H](O)[C@]12O)[C@H]1[C@@H](C[C@H]3C)C1(C)C. The Labute approximate surface area is 216 Å². The predicted molar refractivity (Wildman–Crippen MR) is 138 cm³/mol. The standard InChI is InChI=1S/C30H46O6/c1-6-7-8-9-10-11-12-13-23(32)36-27-18(2)16-29-19(3)14-22-24(28(22,4)5)21(26(29)34)15-20(17-31)25(33)30(27,29)35/h15-16,19,21-22,24-25,27,31,33,35H,6-14,17H2,1-5H3/t19-,21+,22-,24+,25-,27+,29-,30+/m1/s1. The molecule has 202 valence electrons. The van der Waals surface area contributed by atoms with E-state index < -0.39 is 41.7 Å². The molecule has 6 heteroatoms. The summed E-state index contributed by atoms with van der Waals surface area (Å²) in [7, 11) is 0. The normalized spacial score (nSPS) is 40.4. The summed E-state index contributed by atoms with van der Waals surface area (Å²) in [6.07, 6.45) is 9.39. The molecule has 4 rings (SSSR count). The highest BCUT2D eigenvalue weighted by Gasteiger charge is 2.76. The van der Waals surface area contributed by atoms with E-state index >= 15 is 0 Å². The lowest BCUT2D eigenvalue weighted by molar-refractivity contribution is -0.203. The Kier molecular flexibility index (Phi) is 7.64. The highest BCUT2D eigenvalue weighted by Crippen LogP contribution is 2.71. The van der Waals surface area contributed by atoms with E-state index in [0.717, 1.165) is 25.7 Å². The minimum absolute atomic E-state index is 0.0135. The summed E-state index contributed by atoms with van der Waals surface area (Å²) in [6, 6.07) is 0. The molecule has 4 aliphatic carbocycles. The Balaban J connectivity index is 1.58. The van der Waals surface area contributed by atoms with Crippen LogP contribution in [0.1, 0.15) is 92.4 Å². The second-order valence-corrected chi connectivity index (χ2v) is 12.6. The van der Waals surface area contributed by atoms with Crippen molar-refractivity contribution in [3.05, 3.63) is 23.3 Å². The molecule has 0 aliphatic heterocycles. The highest BCUT2D eigenvalue weighted by atomic mass is 16.6. The number of Topliss-reactive ketones (excluding diaryl/α,β-unsaturated/α-hetero) is 1. The summed E-state index contributed by atoms with van der Waals surface area (Å²) >= 11 is 0. The average Bonchev–Trinajstić information content (AvgIpc) is 3.32. The Hall–Kier alpha value is -1.50. The second-order valence-electron chi connectivity index (χ2n) is 12.6. The van der Waals surface area contributed by atoms with Gasteiger partial charge in [0.15, 0.2) is 17.5 Å². The van der Waals surface area contributed by atoms with Gasteiger partial charge in [0.2, 0.25) is 0 Å². The van der Waals surface area contributed by atoms with Crippen molar-refractivity contribution >= 4 is 11.8 Å². The molecular weight excluding hydrogens is 456 g/mol. The lowest BCUT2D eigenvalue weighted by atomic mass is 9.59. The maximum atomic E-state index is 14.3. The smallest absolute Gasteiger partial charge is 0.306 e. The van der Waals surface area contributed by atoms with Gasteiger partial charge in [-0.25, -0.2) is 0 Å². The second kappa shape index (κ2) is 9.99. The molecule has 6 nitrogen and oxygen atoms in total. The molecule has 3 N–H and O–H groups in total. The number of aliphatic hydroxyl groups excluding tert-OH is 2. The molecule has 0 radical (unpaired) electrons. The van der Waals surface area contributed by atoms with Crippen molar-refractivity contribution < 1.29 is 29.6 Å². The van der Waals surface area contributed by atoms with Crippen molar-refractivity contribution in [2.75, 3.05) is 6.61 Å². The quantitative estimate of drug-likeness (QED) is 0.231. The number of rotatable bonds is 10. The van der Waals surface area contributed by atoms with E-state index in [1.807, 2.05) is 6.92 Å². The first-order chi connectivity index (χ1) is 17.0. The monoisotopic (exact) mass is 502 g/mol.